The zero-order valence-corrected chi connectivity index (χ0v) is 15.4. The van der Waals surface area contributed by atoms with Gasteiger partial charge in [0.25, 0.3) is 0 Å². The molecular weight excluding hydrogens is 461 g/mol. The minimum Gasteiger partial charge on any atom is -0.532 e. The Morgan fingerprint density at radius 1 is 1.24 bits per heavy atom. The summed E-state index contributed by atoms with van der Waals surface area (Å²) >= 11 is 0. The van der Waals surface area contributed by atoms with Crippen LogP contribution in [-0.4, -0.2) is 19.5 Å². The van der Waals surface area contributed by atoms with Gasteiger partial charge >= 0.3 is 0 Å². The van der Waals surface area contributed by atoms with Crippen LogP contribution in [-0.2, 0) is 11.5 Å². The van der Waals surface area contributed by atoms with Crippen molar-refractivity contribution in [3.05, 3.63) is 23.7 Å². The van der Waals surface area contributed by atoms with Crippen LogP contribution in [0.1, 0.15) is 17.3 Å². The maximum absolute atomic E-state index is 5.26. The second-order valence-electron chi connectivity index (χ2n) is 3.55. The first-order valence-corrected chi connectivity index (χ1v) is 5.63. The van der Waals surface area contributed by atoms with E-state index in [0.29, 0.717) is 6.73 Å². The Hall–Kier alpha value is -0.00805. The summed E-state index contributed by atoms with van der Waals surface area (Å²) in [7, 11) is 2.41. The molecule has 0 spiro atoms. The third kappa shape index (κ3) is 3.06. The summed E-state index contributed by atoms with van der Waals surface area (Å²) in [5.74, 6) is 1.62. The second kappa shape index (κ2) is 6.24. The standard InChI is InChI=1S/C10H14N4OP.U/c1-6-9-10(12-7(2)11-6)13-8(3)14(9)4-15-5-16;/h5H,4,16H2,1-3H3;/q-1;. The molecule has 0 bridgehead atoms. The summed E-state index contributed by atoms with van der Waals surface area (Å²) in [5.41, 5.74) is 2.60. The van der Waals surface area contributed by atoms with Crippen molar-refractivity contribution in [1.29, 1.82) is 0 Å². The molecule has 0 amide bonds. The van der Waals surface area contributed by atoms with Crippen LogP contribution in [0.4, 0.5) is 0 Å². The summed E-state index contributed by atoms with van der Waals surface area (Å²) in [6.07, 6.45) is 1.58. The molecule has 0 aliphatic rings. The van der Waals surface area contributed by atoms with Crippen molar-refractivity contribution in [3.8, 4) is 0 Å². The molecule has 5 nitrogen and oxygen atoms in total. The van der Waals surface area contributed by atoms with Crippen LogP contribution in [0.3, 0.4) is 0 Å². The summed E-state index contributed by atoms with van der Waals surface area (Å²) in [6.45, 7) is 6.19. The third-order valence-electron chi connectivity index (χ3n) is 2.38. The maximum Gasteiger partial charge on any atom is 0.181 e. The van der Waals surface area contributed by atoms with Gasteiger partial charge in [-0.15, -0.1) is 0 Å². The predicted molar refractivity (Wildman–Crippen MR) is 64.6 cm³/mol. The van der Waals surface area contributed by atoms with Crippen LogP contribution in [0.2, 0.25) is 0 Å². The van der Waals surface area contributed by atoms with Crippen molar-refractivity contribution < 1.29 is 35.9 Å². The van der Waals surface area contributed by atoms with Gasteiger partial charge < -0.3 is 9.30 Å². The number of hydrogen-bond donors (Lipinski definition) is 0. The molecule has 0 radical (unpaired) electrons. The molecular formula is C10H14N4OPU-. The maximum atomic E-state index is 5.26. The second-order valence-corrected chi connectivity index (χ2v) is 3.82. The van der Waals surface area contributed by atoms with Crippen molar-refractivity contribution in [2.24, 2.45) is 0 Å². The van der Waals surface area contributed by atoms with Crippen LogP contribution in [0.25, 0.3) is 11.2 Å². The molecule has 0 saturated carbocycles. The van der Waals surface area contributed by atoms with Gasteiger partial charge in [0.2, 0.25) is 0 Å². The first kappa shape index (κ1) is 15.1. The van der Waals surface area contributed by atoms with E-state index in [-0.39, 0.29) is 31.1 Å². The van der Waals surface area contributed by atoms with E-state index in [9.17, 15) is 0 Å². The molecule has 1 unspecified atom stereocenters. The zero-order valence-electron chi connectivity index (χ0n) is 10.1. The molecule has 2 aromatic rings. The number of aromatic nitrogens is 4. The Kier molecular flexibility index (Phi) is 5.53. The molecule has 90 valence electrons. The molecule has 0 N–H and O–H groups in total. The molecule has 1 atom stereocenters. The van der Waals surface area contributed by atoms with Gasteiger partial charge in [-0.3, -0.25) is 9.24 Å². The monoisotopic (exact) mass is 475 g/mol. The molecule has 0 aliphatic carbocycles. The SMILES string of the molecule is Cc1nc(C)c2c(n1)nc(C)n2CO[CH-]P.[U]. The summed E-state index contributed by atoms with van der Waals surface area (Å²) in [4.78, 5) is 13.1. The Labute approximate surface area is 126 Å². The topological polar surface area (TPSA) is 52.8 Å². The number of rotatable bonds is 3. The van der Waals surface area contributed by atoms with Crippen molar-refractivity contribution in [3.63, 3.8) is 0 Å². The number of fused-ring (bicyclic) bond motifs is 1. The van der Waals surface area contributed by atoms with E-state index < -0.39 is 0 Å². The van der Waals surface area contributed by atoms with Gasteiger partial charge in [-0.25, -0.2) is 15.0 Å². The average molecular weight is 475 g/mol. The molecule has 0 saturated heterocycles. The van der Waals surface area contributed by atoms with Gasteiger partial charge in [-0.1, -0.05) is 0 Å². The first-order chi connectivity index (χ1) is 7.63. The van der Waals surface area contributed by atoms with E-state index in [4.69, 9.17) is 4.74 Å². The molecule has 0 aliphatic heterocycles. The van der Waals surface area contributed by atoms with Crippen LogP contribution < -0.4 is 0 Å². The van der Waals surface area contributed by atoms with Gasteiger partial charge in [-0.2, -0.15) is 6.35 Å². The molecule has 2 heterocycles. The van der Waals surface area contributed by atoms with Gasteiger partial charge in [0.15, 0.2) is 5.65 Å². The summed E-state index contributed by atoms with van der Waals surface area (Å²) in [6, 6.07) is 0. The van der Waals surface area contributed by atoms with Crippen molar-refractivity contribution >= 4 is 20.4 Å². The third-order valence-corrected chi connectivity index (χ3v) is 2.57. The number of aryl methyl sites for hydroxylation is 3. The largest absolute Gasteiger partial charge is 0.532 e. The number of imidazole rings is 1. The Balaban J connectivity index is 0.00000144. The van der Waals surface area contributed by atoms with Crippen molar-refractivity contribution in [1.82, 2.24) is 19.5 Å². The van der Waals surface area contributed by atoms with Gasteiger partial charge in [0.05, 0.1) is 12.4 Å². The Morgan fingerprint density at radius 3 is 2.59 bits per heavy atom. The molecule has 0 fully saturated rings. The fraction of sp³-hybridized carbons (Fsp3) is 0.400. The molecule has 2 aromatic heterocycles. The Morgan fingerprint density at radius 2 is 1.94 bits per heavy atom. The number of ether oxygens (including phenoxy) is 1. The van der Waals surface area contributed by atoms with Crippen molar-refractivity contribution in [2.45, 2.75) is 27.5 Å². The van der Waals surface area contributed by atoms with Gasteiger partial charge in [0.1, 0.15) is 17.2 Å². The smallest absolute Gasteiger partial charge is 0.181 e. The first-order valence-electron chi connectivity index (χ1n) is 4.96. The normalized spacial score (nSPS) is 10.6. The van der Waals surface area contributed by atoms with Crippen LogP contribution in [0.5, 0.6) is 0 Å². The molecule has 7 heteroatoms. The van der Waals surface area contributed by atoms with E-state index >= 15 is 0 Å². The fourth-order valence-electron chi connectivity index (χ4n) is 1.73. The fourth-order valence-corrected chi connectivity index (χ4v) is 1.82. The minimum atomic E-state index is 0. The van der Waals surface area contributed by atoms with Crippen LogP contribution in [0, 0.1) is 58.2 Å². The molecule has 2 rings (SSSR count). The van der Waals surface area contributed by atoms with E-state index in [1.807, 2.05) is 25.3 Å². The van der Waals surface area contributed by atoms with Crippen LogP contribution in [0.15, 0.2) is 0 Å². The summed E-state index contributed by atoms with van der Waals surface area (Å²) < 4.78 is 7.22. The van der Waals surface area contributed by atoms with E-state index in [1.165, 1.54) is 0 Å². The quantitative estimate of drug-likeness (QED) is 0.502. The summed E-state index contributed by atoms with van der Waals surface area (Å²) in [5, 5.41) is 0. The van der Waals surface area contributed by atoms with E-state index in [1.54, 1.807) is 6.35 Å². The van der Waals surface area contributed by atoms with Crippen molar-refractivity contribution in [2.75, 3.05) is 0 Å². The van der Waals surface area contributed by atoms with E-state index in [0.717, 1.165) is 28.5 Å². The average Bonchev–Trinajstić information content (AvgIpc) is 2.51. The predicted octanol–water partition coefficient (Wildman–Crippen LogP) is 1.72. The number of hydrogen-bond acceptors (Lipinski definition) is 4. The number of nitrogens with zero attached hydrogens (tertiary/aromatic N) is 4. The Bertz CT molecular complexity index is 528. The molecule has 17 heavy (non-hydrogen) atoms. The van der Waals surface area contributed by atoms with E-state index in [2.05, 4.69) is 24.2 Å². The van der Waals surface area contributed by atoms with Gasteiger partial charge in [-0.05, 0) is 20.8 Å². The molecule has 0 aromatic carbocycles. The zero-order chi connectivity index (χ0) is 11.7. The van der Waals surface area contributed by atoms with Crippen LogP contribution >= 0.6 is 9.24 Å². The minimum absolute atomic E-state index is 0. The van der Waals surface area contributed by atoms with Gasteiger partial charge in [0, 0.05) is 31.1 Å².